The number of carboxylic acids is 1. The topological polar surface area (TPSA) is 101 Å². The van der Waals surface area contributed by atoms with Gasteiger partial charge in [-0.15, -0.1) is 0 Å². The predicted octanol–water partition coefficient (Wildman–Crippen LogP) is 0.327. The number of aromatic nitrogens is 2. The Morgan fingerprint density at radius 3 is 2.57 bits per heavy atom. The zero-order chi connectivity index (χ0) is 15.7. The van der Waals surface area contributed by atoms with E-state index in [0.29, 0.717) is 17.0 Å². The lowest BCUT2D eigenvalue weighted by Crippen LogP contribution is -2.36. The first kappa shape index (κ1) is 15.2. The fourth-order valence-corrected chi connectivity index (χ4v) is 2.40. The van der Waals surface area contributed by atoms with Crippen LogP contribution in [0.25, 0.3) is 0 Å². The third kappa shape index (κ3) is 3.29. The predicted molar refractivity (Wildman–Crippen MR) is 75.2 cm³/mol. The third-order valence-corrected chi connectivity index (χ3v) is 3.73. The molecule has 1 heterocycles. The van der Waals surface area contributed by atoms with Crippen molar-refractivity contribution in [2.24, 2.45) is 0 Å². The SMILES string of the molecule is Cc1nc(=O)n(CC(=O)NC2CC2)c(C)c1C(C)C(=O)O. The van der Waals surface area contributed by atoms with Gasteiger partial charge in [0.05, 0.1) is 5.92 Å². The molecule has 1 saturated carbocycles. The summed E-state index contributed by atoms with van der Waals surface area (Å²) in [5, 5.41) is 12.0. The van der Waals surface area contributed by atoms with Crippen molar-refractivity contribution >= 4 is 11.9 Å². The monoisotopic (exact) mass is 293 g/mol. The van der Waals surface area contributed by atoms with Crippen LogP contribution in [0.4, 0.5) is 0 Å². The second-order valence-electron chi connectivity index (χ2n) is 5.47. The number of hydrogen-bond acceptors (Lipinski definition) is 4. The molecule has 0 aliphatic heterocycles. The maximum absolute atomic E-state index is 12.0. The first-order chi connectivity index (χ1) is 9.81. The minimum atomic E-state index is -0.990. The van der Waals surface area contributed by atoms with Crippen LogP contribution in [0.15, 0.2) is 4.79 Å². The molecule has 1 aliphatic rings. The quantitative estimate of drug-likeness (QED) is 0.814. The number of aliphatic carboxylic acids is 1. The van der Waals surface area contributed by atoms with E-state index in [9.17, 15) is 14.4 Å². The zero-order valence-electron chi connectivity index (χ0n) is 12.3. The normalized spacial score (nSPS) is 15.6. The molecule has 7 heteroatoms. The Bertz CT molecular complexity index is 646. The third-order valence-electron chi connectivity index (χ3n) is 3.73. The van der Waals surface area contributed by atoms with Crippen LogP contribution in [0.1, 0.15) is 42.6 Å². The number of carboxylic acid groups (broad SMARTS) is 1. The van der Waals surface area contributed by atoms with Gasteiger partial charge in [-0.3, -0.25) is 14.2 Å². The van der Waals surface area contributed by atoms with E-state index in [-0.39, 0.29) is 18.5 Å². The van der Waals surface area contributed by atoms with E-state index in [0.717, 1.165) is 12.8 Å². The fraction of sp³-hybridized carbons (Fsp3) is 0.571. The molecule has 0 saturated heterocycles. The number of carbonyl (C=O) groups is 2. The summed E-state index contributed by atoms with van der Waals surface area (Å²) in [6, 6.07) is 0.212. The summed E-state index contributed by atoms with van der Waals surface area (Å²) in [5.74, 6) is -2.02. The highest BCUT2D eigenvalue weighted by molar-refractivity contribution is 5.77. The number of nitrogens with zero attached hydrogens (tertiary/aromatic N) is 2. The summed E-state index contributed by atoms with van der Waals surface area (Å²) < 4.78 is 1.24. The molecule has 1 aliphatic carbocycles. The highest BCUT2D eigenvalue weighted by Crippen LogP contribution is 2.21. The van der Waals surface area contributed by atoms with Crippen LogP contribution in [0.5, 0.6) is 0 Å². The summed E-state index contributed by atoms with van der Waals surface area (Å²) in [4.78, 5) is 38.9. The molecule has 1 unspecified atom stereocenters. The minimum Gasteiger partial charge on any atom is -0.481 e. The summed E-state index contributed by atoms with van der Waals surface area (Å²) in [5.41, 5.74) is 0.832. The molecule has 2 rings (SSSR count). The van der Waals surface area contributed by atoms with E-state index in [1.807, 2.05) is 0 Å². The van der Waals surface area contributed by atoms with Gasteiger partial charge in [-0.1, -0.05) is 0 Å². The number of aryl methyl sites for hydroxylation is 1. The van der Waals surface area contributed by atoms with Gasteiger partial charge in [0, 0.05) is 23.0 Å². The summed E-state index contributed by atoms with van der Waals surface area (Å²) in [6.07, 6.45) is 1.93. The van der Waals surface area contributed by atoms with Crippen molar-refractivity contribution in [2.75, 3.05) is 0 Å². The van der Waals surface area contributed by atoms with E-state index in [4.69, 9.17) is 5.11 Å². The molecule has 1 aromatic heterocycles. The lowest BCUT2D eigenvalue weighted by atomic mass is 9.98. The van der Waals surface area contributed by atoms with Gasteiger partial charge >= 0.3 is 11.7 Å². The maximum Gasteiger partial charge on any atom is 0.348 e. The number of nitrogens with one attached hydrogen (secondary N) is 1. The van der Waals surface area contributed by atoms with Crippen molar-refractivity contribution in [3.63, 3.8) is 0 Å². The summed E-state index contributed by atoms with van der Waals surface area (Å²) in [6.45, 7) is 4.67. The average Bonchev–Trinajstić information content (AvgIpc) is 3.17. The van der Waals surface area contributed by atoms with Crippen LogP contribution in [0, 0.1) is 13.8 Å². The highest BCUT2D eigenvalue weighted by Gasteiger charge is 2.25. The van der Waals surface area contributed by atoms with E-state index in [1.165, 1.54) is 4.57 Å². The van der Waals surface area contributed by atoms with Crippen molar-refractivity contribution in [3.8, 4) is 0 Å². The van der Waals surface area contributed by atoms with Gasteiger partial charge in [0.25, 0.3) is 0 Å². The van der Waals surface area contributed by atoms with E-state index in [2.05, 4.69) is 10.3 Å². The Morgan fingerprint density at radius 2 is 2.05 bits per heavy atom. The Labute approximate surface area is 122 Å². The van der Waals surface area contributed by atoms with Crippen LogP contribution < -0.4 is 11.0 Å². The van der Waals surface area contributed by atoms with E-state index >= 15 is 0 Å². The van der Waals surface area contributed by atoms with Gasteiger partial charge in [0.15, 0.2) is 0 Å². The Balaban J connectivity index is 2.36. The molecule has 21 heavy (non-hydrogen) atoms. The molecular formula is C14H19N3O4. The Morgan fingerprint density at radius 1 is 1.43 bits per heavy atom. The second kappa shape index (κ2) is 5.67. The molecule has 7 nitrogen and oxygen atoms in total. The molecule has 0 radical (unpaired) electrons. The van der Waals surface area contributed by atoms with Crippen molar-refractivity contribution in [2.45, 2.75) is 52.1 Å². The molecule has 1 atom stereocenters. The molecule has 114 valence electrons. The summed E-state index contributed by atoms with van der Waals surface area (Å²) >= 11 is 0. The molecule has 2 N–H and O–H groups in total. The highest BCUT2D eigenvalue weighted by atomic mass is 16.4. The number of amides is 1. The molecule has 1 amide bonds. The van der Waals surface area contributed by atoms with Crippen molar-refractivity contribution in [1.82, 2.24) is 14.9 Å². The van der Waals surface area contributed by atoms with Crippen LogP contribution in [-0.4, -0.2) is 32.6 Å². The Hall–Kier alpha value is -2.18. The van der Waals surface area contributed by atoms with Gasteiger partial charge in [-0.25, -0.2) is 4.79 Å². The molecule has 0 spiro atoms. The van der Waals surface area contributed by atoms with Gasteiger partial charge in [-0.05, 0) is 33.6 Å². The molecule has 1 aromatic rings. The summed E-state index contributed by atoms with van der Waals surface area (Å²) in [7, 11) is 0. The van der Waals surface area contributed by atoms with Gasteiger partial charge in [0.1, 0.15) is 6.54 Å². The number of rotatable bonds is 5. The second-order valence-corrected chi connectivity index (χ2v) is 5.47. The Kier molecular flexibility index (Phi) is 4.11. The molecular weight excluding hydrogens is 274 g/mol. The van der Waals surface area contributed by atoms with Crippen molar-refractivity contribution in [1.29, 1.82) is 0 Å². The average molecular weight is 293 g/mol. The maximum atomic E-state index is 12.0. The zero-order valence-corrected chi connectivity index (χ0v) is 12.3. The lowest BCUT2D eigenvalue weighted by molar-refractivity contribution is -0.138. The fourth-order valence-electron chi connectivity index (χ4n) is 2.40. The smallest absolute Gasteiger partial charge is 0.348 e. The minimum absolute atomic E-state index is 0.131. The van der Waals surface area contributed by atoms with E-state index < -0.39 is 17.6 Å². The van der Waals surface area contributed by atoms with Gasteiger partial charge < -0.3 is 10.4 Å². The lowest BCUT2D eigenvalue weighted by Gasteiger charge is -2.17. The molecule has 0 aromatic carbocycles. The van der Waals surface area contributed by atoms with E-state index in [1.54, 1.807) is 20.8 Å². The van der Waals surface area contributed by atoms with Crippen LogP contribution >= 0.6 is 0 Å². The van der Waals surface area contributed by atoms with Crippen LogP contribution in [0.3, 0.4) is 0 Å². The molecule has 0 bridgehead atoms. The molecule has 1 fully saturated rings. The first-order valence-electron chi connectivity index (χ1n) is 6.91. The standard InChI is InChI=1S/C14H19N3O4/c1-7(13(19)20)12-8(2)15-14(21)17(9(12)3)6-11(18)16-10-4-5-10/h7,10H,4-6H2,1-3H3,(H,16,18)(H,19,20). The number of carbonyl (C=O) groups excluding carboxylic acids is 1. The van der Waals surface area contributed by atoms with Crippen molar-refractivity contribution < 1.29 is 14.7 Å². The van der Waals surface area contributed by atoms with Crippen LogP contribution in [0.2, 0.25) is 0 Å². The largest absolute Gasteiger partial charge is 0.481 e. The van der Waals surface area contributed by atoms with Gasteiger partial charge in [0.2, 0.25) is 5.91 Å². The van der Waals surface area contributed by atoms with Crippen LogP contribution in [-0.2, 0) is 16.1 Å². The van der Waals surface area contributed by atoms with Crippen molar-refractivity contribution in [3.05, 3.63) is 27.4 Å². The van der Waals surface area contributed by atoms with Gasteiger partial charge in [-0.2, -0.15) is 4.98 Å². The number of hydrogen-bond donors (Lipinski definition) is 2. The first-order valence-corrected chi connectivity index (χ1v) is 6.91.